The Kier molecular flexibility index (Phi) is 1.87. The van der Waals surface area contributed by atoms with Gasteiger partial charge >= 0.3 is 0 Å². The lowest BCUT2D eigenvalue weighted by Crippen LogP contribution is -1.75. The van der Waals surface area contributed by atoms with Crippen LogP contribution in [0.5, 0.6) is 5.75 Å². The van der Waals surface area contributed by atoms with Gasteiger partial charge in [-0.1, -0.05) is 0 Å². The minimum absolute atomic E-state index is 0.236. The Morgan fingerprint density at radius 2 is 2.38 bits per heavy atom. The van der Waals surface area contributed by atoms with Crippen molar-refractivity contribution in [3.05, 3.63) is 23.2 Å². The lowest BCUT2D eigenvalue weighted by atomic mass is 10.3. The molecule has 64 valence electrons. The Hall–Kier alpha value is -1.60. The van der Waals surface area contributed by atoms with E-state index < -0.39 is 0 Å². The summed E-state index contributed by atoms with van der Waals surface area (Å²) in [7, 11) is 0. The van der Waals surface area contributed by atoms with E-state index in [2.05, 4.69) is 4.98 Å². The Balaban J connectivity index is 2.57. The van der Waals surface area contributed by atoms with E-state index in [0.29, 0.717) is 6.42 Å². The third-order valence-corrected chi connectivity index (χ3v) is 2.66. The molecule has 0 atom stereocenters. The van der Waals surface area contributed by atoms with E-state index in [1.807, 2.05) is 6.07 Å². The summed E-state index contributed by atoms with van der Waals surface area (Å²) in [4.78, 5) is 4.23. The predicted octanol–water partition coefficient (Wildman–Crippen LogP) is 2.07. The molecule has 1 aromatic carbocycles. The van der Waals surface area contributed by atoms with E-state index in [1.165, 1.54) is 11.3 Å². The fourth-order valence-corrected chi connectivity index (χ4v) is 2.04. The molecule has 0 saturated carbocycles. The van der Waals surface area contributed by atoms with Gasteiger partial charge in [0.05, 0.1) is 22.7 Å². The van der Waals surface area contributed by atoms with Crippen LogP contribution in [0, 0.1) is 11.3 Å². The molecule has 4 heteroatoms. The third kappa shape index (κ3) is 1.46. The van der Waals surface area contributed by atoms with E-state index >= 15 is 0 Å². The first-order chi connectivity index (χ1) is 6.29. The maximum Gasteiger partial charge on any atom is 0.117 e. The number of hydrogen-bond acceptors (Lipinski definition) is 4. The number of fused-ring (bicyclic) bond motifs is 1. The molecular weight excluding hydrogens is 184 g/mol. The molecular formula is C9H6N2OS. The summed E-state index contributed by atoms with van der Waals surface area (Å²) >= 11 is 1.44. The van der Waals surface area contributed by atoms with Gasteiger partial charge in [-0.25, -0.2) is 4.98 Å². The minimum atomic E-state index is 0.236. The van der Waals surface area contributed by atoms with Gasteiger partial charge in [0.1, 0.15) is 10.8 Å². The van der Waals surface area contributed by atoms with Gasteiger partial charge in [0, 0.05) is 0 Å². The fraction of sp³-hybridized carbons (Fsp3) is 0.111. The Morgan fingerprint density at radius 1 is 1.54 bits per heavy atom. The fourth-order valence-electron chi connectivity index (χ4n) is 1.10. The summed E-state index contributed by atoms with van der Waals surface area (Å²) in [5.41, 5.74) is 0.841. The number of nitriles is 1. The number of phenolic OH excluding ortho intramolecular Hbond substituents is 1. The Bertz CT molecular complexity index is 484. The Morgan fingerprint density at radius 3 is 3.15 bits per heavy atom. The summed E-state index contributed by atoms with van der Waals surface area (Å²) in [6.07, 6.45) is 0.333. The van der Waals surface area contributed by atoms with E-state index in [9.17, 15) is 5.11 Å². The van der Waals surface area contributed by atoms with Crippen molar-refractivity contribution in [2.45, 2.75) is 6.42 Å². The van der Waals surface area contributed by atoms with Crippen LogP contribution in [0.15, 0.2) is 18.2 Å². The summed E-state index contributed by atoms with van der Waals surface area (Å²) in [5.74, 6) is 0.236. The molecule has 1 aromatic heterocycles. The van der Waals surface area contributed by atoms with Crippen LogP contribution < -0.4 is 0 Å². The molecule has 0 spiro atoms. The van der Waals surface area contributed by atoms with E-state index in [0.717, 1.165) is 15.2 Å². The smallest absolute Gasteiger partial charge is 0.117 e. The van der Waals surface area contributed by atoms with Crippen LogP contribution in [0.2, 0.25) is 0 Å². The molecule has 1 N–H and O–H groups in total. The second kappa shape index (κ2) is 3.04. The van der Waals surface area contributed by atoms with Crippen molar-refractivity contribution in [1.29, 1.82) is 5.26 Å². The molecule has 0 radical (unpaired) electrons. The van der Waals surface area contributed by atoms with Crippen LogP contribution >= 0.6 is 11.3 Å². The van der Waals surface area contributed by atoms with Gasteiger partial charge in [0.25, 0.3) is 0 Å². The number of aromatic hydroxyl groups is 1. The van der Waals surface area contributed by atoms with Crippen LogP contribution in [0.1, 0.15) is 5.01 Å². The van der Waals surface area contributed by atoms with Crippen LogP contribution in [0.25, 0.3) is 10.2 Å². The van der Waals surface area contributed by atoms with E-state index in [-0.39, 0.29) is 5.75 Å². The molecule has 0 aliphatic rings. The molecule has 0 bridgehead atoms. The van der Waals surface area contributed by atoms with Crippen LogP contribution in [-0.2, 0) is 6.42 Å². The highest BCUT2D eigenvalue weighted by molar-refractivity contribution is 7.18. The molecule has 0 saturated heterocycles. The normalized spacial score (nSPS) is 10.1. The highest BCUT2D eigenvalue weighted by Gasteiger charge is 2.03. The number of aromatic nitrogens is 1. The molecule has 13 heavy (non-hydrogen) atoms. The molecule has 3 nitrogen and oxygen atoms in total. The van der Waals surface area contributed by atoms with Crippen molar-refractivity contribution in [3.8, 4) is 11.8 Å². The second-order valence-electron chi connectivity index (χ2n) is 2.59. The topological polar surface area (TPSA) is 56.9 Å². The first-order valence-corrected chi connectivity index (χ1v) is 4.56. The van der Waals surface area contributed by atoms with Crippen molar-refractivity contribution in [3.63, 3.8) is 0 Å². The van der Waals surface area contributed by atoms with E-state index in [1.54, 1.807) is 18.2 Å². The van der Waals surface area contributed by atoms with Gasteiger partial charge < -0.3 is 5.11 Å². The zero-order valence-corrected chi connectivity index (χ0v) is 7.51. The van der Waals surface area contributed by atoms with Gasteiger partial charge in [-0.15, -0.1) is 11.3 Å². The minimum Gasteiger partial charge on any atom is -0.508 e. The largest absolute Gasteiger partial charge is 0.508 e. The quantitative estimate of drug-likeness (QED) is 0.748. The number of thiazole rings is 1. The summed E-state index contributed by atoms with van der Waals surface area (Å²) in [6.45, 7) is 0. The summed E-state index contributed by atoms with van der Waals surface area (Å²) < 4.78 is 0.922. The number of phenols is 1. The van der Waals surface area contributed by atoms with Gasteiger partial charge in [-0.3, -0.25) is 0 Å². The van der Waals surface area contributed by atoms with Crippen molar-refractivity contribution in [1.82, 2.24) is 4.98 Å². The molecule has 2 rings (SSSR count). The third-order valence-electron chi connectivity index (χ3n) is 1.65. The van der Waals surface area contributed by atoms with Crippen LogP contribution in [0.3, 0.4) is 0 Å². The highest BCUT2D eigenvalue weighted by atomic mass is 32.1. The molecule has 2 aromatic rings. The van der Waals surface area contributed by atoms with Crippen LogP contribution in [-0.4, -0.2) is 10.1 Å². The summed E-state index contributed by atoms with van der Waals surface area (Å²) in [5, 5.41) is 18.4. The number of hydrogen-bond donors (Lipinski definition) is 1. The molecule has 1 heterocycles. The number of benzene rings is 1. The second-order valence-corrected chi connectivity index (χ2v) is 3.71. The first-order valence-electron chi connectivity index (χ1n) is 3.75. The SMILES string of the molecule is N#CCc1nc2ccc(O)cc2s1. The lowest BCUT2D eigenvalue weighted by Gasteiger charge is -1.87. The van der Waals surface area contributed by atoms with Crippen molar-refractivity contribution >= 4 is 21.6 Å². The lowest BCUT2D eigenvalue weighted by molar-refractivity contribution is 0.476. The summed E-state index contributed by atoms with van der Waals surface area (Å²) in [6, 6.07) is 7.05. The number of rotatable bonds is 1. The molecule has 0 aliphatic heterocycles. The van der Waals surface area contributed by atoms with Crippen molar-refractivity contribution < 1.29 is 5.11 Å². The van der Waals surface area contributed by atoms with Gasteiger partial charge in [-0.2, -0.15) is 5.26 Å². The van der Waals surface area contributed by atoms with Gasteiger partial charge in [-0.05, 0) is 18.2 Å². The standard InChI is InChI=1S/C9H6N2OS/c10-4-3-9-11-7-2-1-6(12)5-8(7)13-9/h1-2,5,12H,3H2. The maximum absolute atomic E-state index is 9.18. The predicted molar refractivity (Wildman–Crippen MR) is 50.6 cm³/mol. The van der Waals surface area contributed by atoms with Gasteiger partial charge in [0.15, 0.2) is 0 Å². The maximum atomic E-state index is 9.18. The van der Waals surface area contributed by atoms with Gasteiger partial charge in [0.2, 0.25) is 0 Å². The van der Waals surface area contributed by atoms with Crippen molar-refractivity contribution in [2.24, 2.45) is 0 Å². The van der Waals surface area contributed by atoms with Crippen LogP contribution in [0.4, 0.5) is 0 Å². The van der Waals surface area contributed by atoms with E-state index in [4.69, 9.17) is 5.26 Å². The Labute approximate surface area is 78.9 Å². The first kappa shape index (κ1) is 8.02. The molecule has 0 unspecified atom stereocenters. The average Bonchev–Trinajstić information content (AvgIpc) is 2.46. The zero-order valence-electron chi connectivity index (χ0n) is 6.69. The van der Waals surface area contributed by atoms with Crippen molar-refractivity contribution in [2.75, 3.05) is 0 Å². The molecule has 0 amide bonds. The average molecular weight is 190 g/mol. The highest BCUT2D eigenvalue weighted by Crippen LogP contribution is 2.25. The monoisotopic (exact) mass is 190 g/mol. The molecule has 0 fully saturated rings. The molecule has 0 aliphatic carbocycles. The zero-order chi connectivity index (χ0) is 9.26. The number of nitrogens with zero attached hydrogens (tertiary/aromatic N) is 2.